The Bertz CT molecular complexity index is 245. The minimum atomic E-state index is -2.97. The molecule has 0 amide bonds. The number of aliphatic carboxylic acids is 3. The van der Waals surface area contributed by atoms with E-state index in [1.807, 2.05) is 0 Å². The fraction of sp³-hybridized carbons (Fsp3) is 0.500. The number of carboxylic acids is 3. The van der Waals surface area contributed by atoms with Gasteiger partial charge in [-0.25, -0.2) is 0 Å². The van der Waals surface area contributed by atoms with Gasteiger partial charge >= 0.3 is 154 Å². The van der Waals surface area contributed by atoms with E-state index in [0.717, 1.165) is 0 Å². The second-order valence-corrected chi connectivity index (χ2v) is 2.42. The van der Waals surface area contributed by atoms with Gasteiger partial charge in [-0.1, -0.05) is 0 Å². The summed E-state index contributed by atoms with van der Waals surface area (Å²) in [7, 11) is 0. The fourth-order valence-electron chi connectivity index (χ4n) is 0.684. The molecule has 0 spiro atoms. The molecule has 93 valence electrons. The van der Waals surface area contributed by atoms with Gasteiger partial charge in [0, 0.05) is 47.2 Å². The topological polar surface area (TPSA) is 172 Å². The Labute approximate surface area is 246 Å². The average Bonchev–Trinajstić information content (AvgIpc) is 1.82. The molecule has 0 fully saturated rings. The molecule has 1 radical (unpaired) electrons. The van der Waals surface area contributed by atoms with Gasteiger partial charge in [0.05, 0.1) is 5.97 Å². The van der Waals surface area contributed by atoms with Gasteiger partial charge in [0.25, 0.3) is 0 Å². The van der Waals surface area contributed by atoms with Gasteiger partial charge in [-0.15, -0.1) is 0 Å². The van der Waals surface area contributed by atoms with Crippen LogP contribution in [0.4, 0.5) is 0 Å². The molecule has 12 heteroatoms. The van der Waals surface area contributed by atoms with Crippen LogP contribution in [-0.2, 0) is 36.8 Å². The van der Waals surface area contributed by atoms with E-state index in [1.54, 1.807) is 0 Å². The Morgan fingerprint density at radius 1 is 0.889 bits per heavy atom. The van der Waals surface area contributed by atoms with Gasteiger partial charge in [-0.05, 0) is 0 Å². The zero-order valence-electron chi connectivity index (χ0n) is 10.1. The maximum atomic E-state index is 10.1. The van der Waals surface area contributed by atoms with E-state index < -0.39 is 36.4 Å². The second-order valence-electron chi connectivity index (χ2n) is 2.42. The Morgan fingerprint density at radius 3 is 1.22 bits per heavy atom. The smallest absolute Gasteiger partial charge is 0.550 e. The van der Waals surface area contributed by atoms with Crippen molar-refractivity contribution < 1.29 is 217 Å². The van der Waals surface area contributed by atoms with E-state index in [1.165, 1.54) is 0 Å². The molecule has 0 atom stereocenters. The van der Waals surface area contributed by atoms with Crippen LogP contribution < -0.4 is 169 Å². The van der Waals surface area contributed by atoms with Gasteiger partial charge in [0.15, 0.2) is 0 Å². The molecule has 0 unspecified atom stereocenters. The molecule has 0 rings (SSSR count). The van der Waals surface area contributed by atoms with Crippen molar-refractivity contribution in [1.82, 2.24) is 0 Å². The van der Waals surface area contributed by atoms with Crippen molar-refractivity contribution in [3.8, 4) is 0 Å². The van der Waals surface area contributed by atoms with Crippen molar-refractivity contribution in [3.05, 3.63) is 0 Å². The molecule has 8 nitrogen and oxygen atoms in total. The Morgan fingerprint density at radius 2 is 1.11 bits per heavy atom. The van der Waals surface area contributed by atoms with Crippen molar-refractivity contribution in [2.24, 2.45) is 0 Å². The second kappa shape index (κ2) is 19.0. The molecule has 0 aromatic heterocycles. The Hall–Kier alpha value is 3.98. The molecule has 3 N–H and O–H groups in total. The zero-order valence-corrected chi connectivity index (χ0v) is 21.6. The third-order valence-corrected chi connectivity index (χ3v) is 1.25. The summed E-state index contributed by atoms with van der Waals surface area (Å²) in [5.74, 6) is -5.98. The molecule has 0 aromatic rings. The summed E-state index contributed by atoms with van der Waals surface area (Å²) in [6.07, 6.45) is -2.72. The van der Waals surface area contributed by atoms with Crippen LogP contribution in [0.2, 0.25) is 0 Å². The van der Waals surface area contributed by atoms with Gasteiger partial charge < -0.3 is 40.3 Å². The number of carbonyl (C=O) groups excluding carboxylic acids is 3. The van der Waals surface area contributed by atoms with Crippen LogP contribution in [0.5, 0.6) is 0 Å². The van der Waals surface area contributed by atoms with Crippen LogP contribution in [-0.4, -0.2) is 34.1 Å². The van der Waals surface area contributed by atoms with Crippen LogP contribution in [0.1, 0.15) is 12.8 Å². The van der Waals surface area contributed by atoms with Gasteiger partial charge in [-0.2, -0.15) is 0 Å². The first-order valence-electron chi connectivity index (χ1n) is 3.11. The summed E-state index contributed by atoms with van der Waals surface area (Å²) in [5.41, 5.74) is -2.97. The number of hydrogen-bond acceptors (Lipinski definition) is 7. The molecule has 0 saturated heterocycles. The maximum Gasteiger partial charge on any atom is 1.00 e. The Balaban J connectivity index is -0.0000000720. The number of hydrogen-bond donors (Lipinski definition) is 1. The number of aliphatic hydroxyl groups is 1. The normalized spacial score (nSPS) is 7.83. The third kappa shape index (κ3) is 18.0. The first-order valence-corrected chi connectivity index (χ1v) is 3.11. The third-order valence-electron chi connectivity index (χ3n) is 1.25. The molecule has 0 aliphatic carbocycles. The number of rotatable bonds is 5. The summed E-state index contributed by atoms with van der Waals surface area (Å²) in [5, 5.41) is 38.9. The summed E-state index contributed by atoms with van der Waals surface area (Å²) < 4.78 is 0. The van der Waals surface area contributed by atoms with Crippen LogP contribution >= 0.6 is 0 Å². The average molecular weight is 521 g/mol. The van der Waals surface area contributed by atoms with Crippen LogP contribution in [0.25, 0.3) is 0 Å². The largest absolute Gasteiger partial charge is 1.00 e. The molecule has 0 saturated carbocycles. The molecule has 0 heterocycles. The summed E-state index contributed by atoms with van der Waals surface area (Å²) >= 11 is 0. The number of carboxylic acid groups (broad SMARTS) is 3. The number of carbonyl (C=O) groups is 3. The predicted octanol–water partition coefficient (Wildman–Crippen LogP) is -15.1. The first-order chi connectivity index (χ1) is 5.78. The minimum Gasteiger partial charge on any atom is -0.550 e. The Kier molecular flexibility index (Phi) is 40.0. The predicted molar refractivity (Wildman–Crippen MR) is 32.8 cm³/mol. The van der Waals surface area contributed by atoms with E-state index in [0.29, 0.717) is 0 Å². The SMILES string of the molecule is O.O=C([O-])CC(O)(CC(=O)[O-])C(=O)[O-].[Au].[K+].[K+].[K+]. The zero-order chi connectivity index (χ0) is 10.6. The quantitative estimate of drug-likeness (QED) is 0.350. The van der Waals surface area contributed by atoms with Crippen molar-refractivity contribution in [3.63, 3.8) is 0 Å². The minimum absolute atomic E-state index is 0. The maximum absolute atomic E-state index is 10.1. The van der Waals surface area contributed by atoms with Crippen LogP contribution in [0.15, 0.2) is 0 Å². The van der Waals surface area contributed by atoms with Crippen molar-refractivity contribution in [2.75, 3.05) is 0 Å². The van der Waals surface area contributed by atoms with Gasteiger partial charge in [-0.3, -0.25) is 0 Å². The van der Waals surface area contributed by atoms with E-state index in [4.69, 9.17) is 5.11 Å². The van der Waals surface area contributed by atoms with E-state index in [9.17, 15) is 29.7 Å². The molecule has 0 aromatic carbocycles. The van der Waals surface area contributed by atoms with Gasteiger partial charge in [0.2, 0.25) is 0 Å². The first kappa shape index (κ1) is 37.9. The van der Waals surface area contributed by atoms with E-state index in [-0.39, 0.29) is 182 Å². The van der Waals surface area contributed by atoms with E-state index in [2.05, 4.69) is 0 Å². The van der Waals surface area contributed by atoms with Gasteiger partial charge in [0.1, 0.15) is 5.60 Å². The molecule has 0 bridgehead atoms. The summed E-state index contributed by atoms with van der Waals surface area (Å²) in [4.78, 5) is 30.0. The van der Waals surface area contributed by atoms with Crippen LogP contribution in [0.3, 0.4) is 0 Å². The molecular formula is C6H7AuK3O8. The van der Waals surface area contributed by atoms with Crippen molar-refractivity contribution in [2.45, 2.75) is 18.4 Å². The van der Waals surface area contributed by atoms with E-state index >= 15 is 0 Å². The molecule has 18 heavy (non-hydrogen) atoms. The van der Waals surface area contributed by atoms with Crippen molar-refractivity contribution in [1.29, 1.82) is 0 Å². The molecule has 0 aliphatic heterocycles. The monoisotopic (exact) mass is 521 g/mol. The van der Waals surface area contributed by atoms with Crippen LogP contribution in [0, 0.1) is 0 Å². The summed E-state index contributed by atoms with van der Waals surface area (Å²) in [6, 6.07) is 0. The molecular weight excluding hydrogens is 514 g/mol. The molecule has 0 aliphatic rings. The fourth-order valence-corrected chi connectivity index (χ4v) is 0.684. The van der Waals surface area contributed by atoms with Crippen molar-refractivity contribution >= 4 is 17.9 Å². The standard InChI is InChI=1S/C6H8O7.Au.3K.H2O/c7-3(8)1-6(13,5(11)12)2-4(9)10;;;;;/h13H,1-2H2,(H,7,8)(H,9,10)(H,11,12);;;;;1H2/q;;3*+1;/p-3. The summed E-state index contributed by atoms with van der Waals surface area (Å²) in [6.45, 7) is 0.